The lowest BCUT2D eigenvalue weighted by atomic mass is 9.97. The average Bonchev–Trinajstić information content (AvgIpc) is 3.63. The lowest BCUT2D eigenvalue weighted by Gasteiger charge is -2.46. The molecule has 2 aliphatic heterocycles. The Morgan fingerprint density at radius 2 is 0.790 bits per heavy atom. The highest BCUT2D eigenvalue weighted by molar-refractivity contribution is 5.76. The summed E-state index contributed by atoms with van der Waals surface area (Å²) in [6.07, 6.45) is 49.1. The molecule has 12 unspecified atom stereocenters. The van der Waals surface area contributed by atoms with Gasteiger partial charge in [-0.15, -0.1) is 0 Å². The first-order valence-corrected chi connectivity index (χ1v) is 33.7. The molecule has 2 saturated heterocycles. The van der Waals surface area contributed by atoms with E-state index in [1.807, 2.05) is 6.08 Å². The summed E-state index contributed by atoms with van der Waals surface area (Å²) >= 11 is 0. The standard InChI is InChI=1S/C67H125NO13/c1-3-5-7-9-11-13-15-17-19-21-23-25-26-27-28-29-30-31-32-34-36-38-40-42-44-46-48-50-56(71)55(68-59(72)51-49-47-45-43-41-39-37-35-33-24-22-20-18-16-14-12-10-8-6-4-2)54-78-66-64(77)62(75)65(58(53-70)80-66)81-67-63(76)61(74)60(73)57(52-69)79-67/h32,34,40,42,48,50,55-58,60-67,69-71,73-77H,3-31,33,35-39,41,43-47,49,51-54H2,1-2H3,(H,68,72)/b34-32+,42-40+,50-48+. The molecule has 0 saturated carbocycles. The molecule has 12 atom stereocenters. The number of carbonyl (C=O) groups excluding carboxylic acids is 1. The number of aliphatic hydroxyl groups is 8. The van der Waals surface area contributed by atoms with E-state index in [-0.39, 0.29) is 18.9 Å². The van der Waals surface area contributed by atoms with Gasteiger partial charge < -0.3 is 65.1 Å². The fourth-order valence-corrected chi connectivity index (χ4v) is 11.2. The zero-order valence-corrected chi connectivity index (χ0v) is 51.5. The maximum absolute atomic E-state index is 13.3. The van der Waals surface area contributed by atoms with E-state index in [1.165, 1.54) is 212 Å². The van der Waals surface area contributed by atoms with Crippen molar-refractivity contribution in [3.8, 4) is 0 Å². The summed E-state index contributed by atoms with van der Waals surface area (Å²) in [6.45, 7) is 2.82. The number of aliphatic hydroxyl groups excluding tert-OH is 8. The number of rotatable bonds is 55. The van der Waals surface area contributed by atoms with Gasteiger partial charge in [0.1, 0.15) is 48.8 Å². The van der Waals surface area contributed by atoms with Crippen LogP contribution in [0.25, 0.3) is 0 Å². The quantitative estimate of drug-likeness (QED) is 0.0204. The van der Waals surface area contributed by atoms with Gasteiger partial charge in [0.05, 0.1) is 32.0 Å². The molecule has 0 aliphatic carbocycles. The molecule has 2 aliphatic rings. The highest BCUT2D eigenvalue weighted by Crippen LogP contribution is 2.30. The van der Waals surface area contributed by atoms with E-state index in [9.17, 15) is 45.6 Å². The highest BCUT2D eigenvalue weighted by atomic mass is 16.7. The molecule has 476 valence electrons. The van der Waals surface area contributed by atoms with Crippen molar-refractivity contribution >= 4 is 5.91 Å². The lowest BCUT2D eigenvalue weighted by molar-refractivity contribution is -0.359. The van der Waals surface area contributed by atoms with Crippen molar-refractivity contribution in [2.45, 2.75) is 364 Å². The van der Waals surface area contributed by atoms with Gasteiger partial charge in [0.25, 0.3) is 0 Å². The second kappa shape index (κ2) is 52.5. The van der Waals surface area contributed by atoms with E-state index in [1.54, 1.807) is 6.08 Å². The molecule has 0 bridgehead atoms. The molecule has 9 N–H and O–H groups in total. The Balaban J connectivity index is 1.73. The molecule has 0 aromatic carbocycles. The minimum atomic E-state index is -1.79. The SMILES string of the molecule is CCCCCCCCCCCCCCCCCCC/C=C/CC/C=C/CC/C=C/C(O)C(COC1OC(CO)C(OC2OC(CO)C(O)C(O)C2O)C(O)C1O)NC(=O)CCCCCCCCCCCCCCCCCCCCCC. The first-order chi connectivity index (χ1) is 39.6. The number of unbranched alkanes of at least 4 members (excludes halogenated alkanes) is 38. The van der Waals surface area contributed by atoms with Crippen LogP contribution in [0, 0.1) is 0 Å². The Bertz CT molecular complexity index is 1500. The Morgan fingerprint density at radius 1 is 0.432 bits per heavy atom. The van der Waals surface area contributed by atoms with Crippen LogP contribution >= 0.6 is 0 Å². The van der Waals surface area contributed by atoms with E-state index < -0.39 is 86.8 Å². The summed E-state index contributed by atoms with van der Waals surface area (Å²) in [6, 6.07) is -0.936. The van der Waals surface area contributed by atoms with Crippen molar-refractivity contribution in [1.82, 2.24) is 5.32 Å². The van der Waals surface area contributed by atoms with Crippen LogP contribution in [0.5, 0.6) is 0 Å². The molecular formula is C67H125NO13. The monoisotopic (exact) mass is 1150 g/mol. The third-order valence-corrected chi connectivity index (χ3v) is 16.6. The third-order valence-electron chi connectivity index (χ3n) is 16.6. The van der Waals surface area contributed by atoms with Crippen molar-refractivity contribution in [3.05, 3.63) is 36.5 Å². The number of ether oxygens (including phenoxy) is 4. The molecule has 81 heavy (non-hydrogen) atoms. The van der Waals surface area contributed by atoms with E-state index in [2.05, 4.69) is 43.5 Å². The Morgan fingerprint density at radius 3 is 1.21 bits per heavy atom. The molecule has 2 fully saturated rings. The summed E-state index contributed by atoms with van der Waals surface area (Å²) in [5.74, 6) is -0.248. The number of allylic oxidation sites excluding steroid dienone is 5. The van der Waals surface area contributed by atoms with Crippen LogP contribution in [0.15, 0.2) is 36.5 Å². The fraction of sp³-hybridized carbons (Fsp3) is 0.896. The predicted octanol–water partition coefficient (Wildman–Crippen LogP) is 13.0. The van der Waals surface area contributed by atoms with Crippen LogP contribution in [-0.2, 0) is 23.7 Å². The Kier molecular flexibility index (Phi) is 48.8. The molecule has 1 amide bonds. The first-order valence-electron chi connectivity index (χ1n) is 33.7. The van der Waals surface area contributed by atoms with Gasteiger partial charge in [0.15, 0.2) is 12.6 Å². The molecule has 0 aromatic heterocycles. The van der Waals surface area contributed by atoms with E-state index in [0.717, 1.165) is 44.9 Å². The Hall–Kier alpha value is -1.79. The van der Waals surface area contributed by atoms with Gasteiger partial charge in [-0.3, -0.25) is 4.79 Å². The van der Waals surface area contributed by atoms with Crippen LogP contribution in [-0.4, -0.2) is 140 Å². The van der Waals surface area contributed by atoms with Crippen LogP contribution in [0.1, 0.15) is 290 Å². The van der Waals surface area contributed by atoms with E-state index in [4.69, 9.17) is 18.9 Å². The maximum Gasteiger partial charge on any atom is 0.220 e. The first kappa shape index (κ1) is 75.3. The zero-order valence-electron chi connectivity index (χ0n) is 51.5. The van der Waals surface area contributed by atoms with Gasteiger partial charge in [0.2, 0.25) is 5.91 Å². The number of hydrogen-bond acceptors (Lipinski definition) is 13. The summed E-state index contributed by atoms with van der Waals surface area (Å²) in [7, 11) is 0. The van der Waals surface area contributed by atoms with E-state index in [0.29, 0.717) is 12.8 Å². The molecule has 0 spiro atoms. The van der Waals surface area contributed by atoms with Crippen molar-refractivity contribution in [3.63, 3.8) is 0 Å². The normalized spacial score (nSPS) is 24.3. The molecule has 14 heteroatoms. The van der Waals surface area contributed by atoms with Crippen LogP contribution in [0.4, 0.5) is 0 Å². The number of hydrogen-bond donors (Lipinski definition) is 9. The molecule has 0 radical (unpaired) electrons. The van der Waals surface area contributed by atoms with Gasteiger partial charge in [-0.1, -0.05) is 275 Å². The van der Waals surface area contributed by atoms with Gasteiger partial charge in [-0.25, -0.2) is 0 Å². The second-order valence-corrected chi connectivity index (χ2v) is 23.9. The average molecular weight is 1150 g/mol. The van der Waals surface area contributed by atoms with Crippen molar-refractivity contribution < 1.29 is 64.6 Å². The summed E-state index contributed by atoms with van der Waals surface area (Å²) < 4.78 is 22.8. The van der Waals surface area contributed by atoms with Crippen LogP contribution in [0.2, 0.25) is 0 Å². The molecule has 2 heterocycles. The third kappa shape index (κ3) is 37.4. The number of amides is 1. The maximum atomic E-state index is 13.3. The molecule has 14 nitrogen and oxygen atoms in total. The summed E-state index contributed by atoms with van der Waals surface area (Å²) in [5, 5.41) is 87.3. The summed E-state index contributed by atoms with van der Waals surface area (Å²) in [4.78, 5) is 13.3. The number of carbonyl (C=O) groups is 1. The van der Waals surface area contributed by atoms with Crippen LogP contribution in [0.3, 0.4) is 0 Å². The van der Waals surface area contributed by atoms with Gasteiger partial charge in [0, 0.05) is 6.42 Å². The topological polar surface area (TPSA) is 228 Å². The minimum absolute atomic E-state index is 0.248. The minimum Gasteiger partial charge on any atom is -0.394 e. The van der Waals surface area contributed by atoms with Crippen molar-refractivity contribution in [1.29, 1.82) is 0 Å². The second-order valence-electron chi connectivity index (χ2n) is 23.9. The predicted molar refractivity (Wildman–Crippen MR) is 328 cm³/mol. The van der Waals surface area contributed by atoms with Gasteiger partial charge >= 0.3 is 0 Å². The fourth-order valence-electron chi connectivity index (χ4n) is 11.2. The van der Waals surface area contributed by atoms with Crippen LogP contribution < -0.4 is 5.32 Å². The van der Waals surface area contributed by atoms with Gasteiger partial charge in [-0.2, -0.15) is 0 Å². The largest absolute Gasteiger partial charge is 0.394 e. The highest BCUT2D eigenvalue weighted by Gasteiger charge is 2.51. The molecule has 2 rings (SSSR count). The Labute approximate surface area is 493 Å². The smallest absolute Gasteiger partial charge is 0.220 e. The molecular weight excluding hydrogens is 1030 g/mol. The van der Waals surface area contributed by atoms with Crippen molar-refractivity contribution in [2.24, 2.45) is 0 Å². The van der Waals surface area contributed by atoms with Crippen molar-refractivity contribution in [2.75, 3.05) is 19.8 Å². The molecule has 0 aromatic rings. The summed E-state index contributed by atoms with van der Waals surface area (Å²) in [5.41, 5.74) is 0. The van der Waals surface area contributed by atoms with Gasteiger partial charge in [-0.05, 0) is 44.9 Å². The zero-order chi connectivity index (χ0) is 58.8. The number of nitrogens with one attached hydrogen (secondary N) is 1. The van der Waals surface area contributed by atoms with E-state index >= 15 is 0 Å². The lowest BCUT2D eigenvalue weighted by Crippen LogP contribution is -2.65.